The summed E-state index contributed by atoms with van der Waals surface area (Å²) in [7, 11) is -1.37. The van der Waals surface area contributed by atoms with Crippen LogP contribution in [0.1, 0.15) is 29.3 Å². The van der Waals surface area contributed by atoms with E-state index in [2.05, 4.69) is 15.0 Å². The SMILES string of the molecule is COc1ccc(CN(Cc2nc(Cc3ccccc3)no2)[C@H]2CCS(=O)(=O)C2)cc1. The fourth-order valence-corrected chi connectivity index (χ4v) is 5.48. The number of aromatic nitrogens is 2. The molecule has 0 N–H and O–H groups in total. The summed E-state index contributed by atoms with van der Waals surface area (Å²) in [6.45, 7) is 1.01. The highest BCUT2D eigenvalue weighted by molar-refractivity contribution is 7.91. The Morgan fingerprint density at radius 2 is 1.83 bits per heavy atom. The predicted octanol–water partition coefficient (Wildman–Crippen LogP) is 2.86. The molecule has 1 fully saturated rings. The maximum absolute atomic E-state index is 12.0. The van der Waals surface area contributed by atoms with Crippen LogP contribution in [0.15, 0.2) is 59.1 Å². The minimum Gasteiger partial charge on any atom is -0.497 e. The lowest BCUT2D eigenvalue weighted by Gasteiger charge is -2.26. The Labute approximate surface area is 176 Å². The van der Waals surface area contributed by atoms with E-state index in [0.717, 1.165) is 16.9 Å². The Hall–Kier alpha value is -2.71. The van der Waals surface area contributed by atoms with Crippen LogP contribution in [0.3, 0.4) is 0 Å². The number of hydrogen-bond donors (Lipinski definition) is 0. The van der Waals surface area contributed by atoms with Gasteiger partial charge in [-0.3, -0.25) is 4.90 Å². The van der Waals surface area contributed by atoms with Crippen molar-refractivity contribution in [1.82, 2.24) is 15.0 Å². The van der Waals surface area contributed by atoms with E-state index in [-0.39, 0.29) is 17.5 Å². The van der Waals surface area contributed by atoms with Crippen LogP contribution in [-0.4, -0.2) is 48.1 Å². The van der Waals surface area contributed by atoms with Gasteiger partial charge in [-0.15, -0.1) is 0 Å². The number of hydrogen-bond acceptors (Lipinski definition) is 7. The second-order valence-electron chi connectivity index (χ2n) is 7.58. The molecule has 1 aliphatic rings. The van der Waals surface area contributed by atoms with Gasteiger partial charge in [0.1, 0.15) is 5.75 Å². The highest BCUT2D eigenvalue weighted by Gasteiger charge is 2.33. The topological polar surface area (TPSA) is 85.5 Å². The summed E-state index contributed by atoms with van der Waals surface area (Å²) >= 11 is 0. The molecule has 30 heavy (non-hydrogen) atoms. The maximum atomic E-state index is 12.0. The van der Waals surface area contributed by atoms with Gasteiger partial charge >= 0.3 is 0 Å². The molecule has 0 radical (unpaired) electrons. The van der Waals surface area contributed by atoms with Crippen molar-refractivity contribution in [2.75, 3.05) is 18.6 Å². The molecular formula is C22H25N3O4S. The van der Waals surface area contributed by atoms with Crippen molar-refractivity contribution in [1.29, 1.82) is 0 Å². The van der Waals surface area contributed by atoms with Crippen LogP contribution in [-0.2, 0) is 29.3 Å². The first kappa shape index (κ1) is 20.6. The third-order valence-electron chi connectivity index (χ3n) is 5.32. The Balaban J connectivity index is 1.49. The second kappa shape index (κ2) is 8.97. The summed E-state index contributed by atoms with van der Waals surface area (Å²) in [6.07, 6.45) is 1.21. The minimum absolute atomic E-state index is 0.0680. The Bertz CT molecular complexity index is 1070. The monoisotopic (exact) mass is 427 g/mol. The van der Waals surface area contributed by atoms with Crippen molar-refractivity contribution < 1.29 is 17.7 Å². The Morgan fingerprint density at radius 3 is 2.50 bits per heavy atom. The first-order chi connectivity index (χ1) is 14.5. The molecule has 2 aromatic carbocycles. The van der Waals surface area contributed by atoms with E-state index in [0.29, 0.717) is 37.6 Å². The largest absolute Gasteiger partial charge is 0.497 e. The molecule has 0 aliphatic carbocycles. The van der Waals surface area contributed by atoms with E-state index in [1.54, 1.807) is 7.11 Å². The average molecular weight is 428 g/mol. The molecule has 0 saturated carbocycles. The lowest BCUT2D eigenvalue weighted by molar-refractivity contribution is 0.169. The molecule has 3 aromatic rings. The van der Waals surface area contributed by atoms with Gasteiger partial charge < -0.3 is 9.26 Å². The van der Waals surface area contributed by atoms with Crippen LogP contribution < -0.4 is 4.74 Å². The fraction of sp³-hybridized carbons (Fsp3) is 0.364. The van der Waals surface area contributed by atoms with E-state index >= 15 is 0 Å². The summed E-state index contributed by atoms with van der Waals surface area (Å²) in [5.41, 5.74) is 2.19. The summed E-state index contributed by atoms with van der Waals surface area (Å²) in [6, 6.07) is 17.7. The molecule has 1 saturated heterocycles. The fourth-order valence-electron chi connectivity index (χ4n) is 3.72. The molecule has 1 atom stereocenters. The molecule has 4 rings (SSSR count). The number of nitrogens with zero attached hydrogens (tertiary/aromatic N) is 3. The van der Waals surface area contributed by atoms with Crippen molar-refractivity contribution in [2.45, 2.75) is 32.0 Å². The second-order valence-corrected chi connectivity index (χ2v) is 9.81. The third kappa shape index (κ3) is 5.25. The molecule has 2 heterocycles. The molecule has 0 bridgehead atoms. The van der Waals surface area contributed by atoms with E-state index < -0.39 is 9.84 Å². The van der Waals surface area contributed by atoms with Gasteiger partial charge in [0.05, 0.1) is 25.2 Å². The summed E-state index contributed by atoms with van der Waals surface area (Å²) in [5.74, 6) is 2.29. The molecule has 1 aliphatic heterocycles. The molecule has 158 valence electrons. The van der Waals surface area contributed by atoms with E-state index in [9.17, 15) is 8.42 Å². The average Bonchev–Trinajstić information content (AvgIpc) is 3.34. The molecule has 0 spiro atoms. The number of methoxy groups -OCH3 is 1. The zero-order valence-electron chi connectivity index (χ0n) is 16.9. The maximum Gasteiger partial charge on any atom is 0.240 e. The molecule has 1 aromatic heterocycles. The molecule has 0 unspecified atom stereocenters. The standard InChI is InChI=1S/C22H25N3O4S/c1-28-20-9-7-18(8-10-20)14-25(19-11-12-30(26,27)16-19)15-22-23-21(24-29-22)13-17-5-3-2-4-6-17/h2-10,19H,11-16H2,1H3/t19-/m0/s1. The molecule has 8 heteroatoms. The van der Waals surface area contributed by atoms with Crippen LogP contribution >= 0.6 is 0 Å². The van der Waals surface area contributed by atoms with Crippen molar-refractivity contribution in [3.05, 3.63) is 77.4 Å². The number of ether oxygens (including phenoxy) is 1. The summed E-state index contributed by atoms with van der Waals surface area (Å²) in [5, 5.41) is 4.10. The van der Waals surface area contributed by atoms with Crippen LogP contribution in [0, 0.1) is 0 Å². The predicted molar refractivity (Wildman–Crippen MR) is 113 cm³/mol. The van der Waals surface area contributed by atoms with Crippen molar-refractivity contribution in [3.8, 4) is 5.75 Å². The number of rotatable bonds is 8. The van der Waals surface area contributed by atoms with Gasteiger partial charge in [0.25, 0.3) is 0 Å². The molecule has 7 nitrogen and oxygen atoms in total. The lowest BCUT2D eigenvalue weighted by atomic mass is 10.1. The van der Waals surface area contributed by atoms with Crippen LogP contribution in [0.2, 0.25) is 0 Å². The van der Waals surface area contributed by atoms with Crippen LogP contribution in [0.4, 0.5) is 0 Å². The van der Waals surface area contributed by atoms with E-state index in [1.807, 2.05) is 54.6 Å². The van der Waals surface area contributed by atoms with Crippen LogP contribution in [0.5, 0.6) is 5.75 Å². The minimum atomic E-state index is -3.00. The van der Waals surface area contributed by atoms with Crippen LogP contribution in [0.25, 0.3) is 0 Å². The smallest absolute Gasteiger partial charge is 0.240 e. The summed E-state index contributed by atoms with van der Waals surface area (Å²) in [4.78, 5) is 6.65. The third-order valence-corrected chi connectivity index (χ3v) is 7.07. The van der Waals surface area contributed by atoms with Gasteiger partial charge in [-0.1, -0.05) is 47.6 Å². The quantitative estimate of drug-likeness (QED) is 0.546. The highest BCUT2D eigenvalue weighted by Crippen LogP contribution is 2.23. The normalized spacial score (nSPS) is 18.0. The Kier molecular flexibility index (Phi) is 6.15. The summed E-state index contributed by atoms with van der Waals surface area (Å²) < 4.78 is 34.8. The molecular weight excluding hydrogens is 402 g/mol. The highest BCUT2D eigenvalue weighted by atomic mass is 32.2. The van der Waals surface area contributed by atoms with E-state index in [1.165, 1.54) is 0 Å². The van der Waals surface area contributed by atoms with Gasteiger partial charge in [-0.2, -0.15) is 4.98 Å². The van der Waals surface area contributed by atoms with Gasteiger partial charge in [0, 0.05) is 19.0 Å². The van der Waals surface area contributed by atoms with Gasteiger partial charge in [0.2, 0.25) is 5.89 Å². The van der Waals surface area contributed by atoms with Crippen molar-refractivity contribution in [3.63, 3.8) is 0 Å². The first-order valence-corrected chi connectivity index (χ1v) is 11.8. The Morgan fingerprint density at radius 1 is 1.07 bits per heavy atom. The number of benzene rings is 2. The van der Waals surface area contributed by atoms with E-state index in [4.69, 9.17) is 9.26 Å². The van der Waals surface area contributed by atoms with Gasteiger partial charge in [0.15, 0.2) is 15.7 Å². The van der Waals surface area contributed by atoms with Gasteiger partial charge in [-0.25, -0.2) is 8.42 Å². The lowest BCUT2D eigenvalue weighted by Crippen LogP contribution is -2.35. The van der Waals surface area contributed by atoms with Crippen molar-refractivity contribution in [2.24, 2.45) is 0 Å². The van der Waals surface area contributed by atoms with Crippen molar-refractivity contribution >= 4 is 9.84 Å². The van der Waals surface area contributed by atoms with Gasteiger partial charge in [-0.05, 0) is 29.7 Å². The molecule has 0 amide bonds. The number of sulfone groups is 1. The first-order valence-electron chi connectivity index (χ1n) is 9.93. The zero-order chi connectivity index (χ0) is 21.0. The zero-order valence-corrected chi connectivity index (χ0v) is 17.7.